The van der Waals surface area contributed by atoms with Crippen LogP contribution in [0.5, 0.6) is 0 Å². The van der Waals surface area contributed by atoms with Crippen LogP contribution in [0.3, 0.4) is 0 Å². The minimum atomic E-state index is -4.83. The summed E-state index contributed by atoms with van der Waals surface area (Å²) in [7, 11) is 3.20. The second-order valence-corrected chi connectivity index (χ2v) is 6.84. The molecule has 0 saturated heterocycles. The van der Waals surface area contributed by atoms with Gasteiger partial charge < -0.3 is 15.5 Å². The van der Waals surface area contributed by atoms with Gasteiger partial charge in [-0.15, -0.1) is 0 Å². The SMILES string of the molecule is Cc1cc(NC(=O)NC(C)c2ccc(F)c(C(F)(F)F)c2)cc(C(=O)N(C)C)c1. The quantitative estimate of drug-likeness (QED) is 0.714. The van der Waals surface area contributed by atoms with E-state index in [0.29, 0.717) is 23.4 Å². The van der Waals surface area contributed by atoms with E-state index in [1.807, 2.05) is 0 Å². The summed E-state index contributed by atoms with van der Waals surface area (Å²) in [6.45, 7) is 3.24. The maximum absolute atomic E-state index is 13.4. The molecule has 2 aromatic carbocycles. The molecule has 2 rings (SSSR count). The van der Waals surface area contributed by atoms with E-state index in [2.05, 4.69) is 10.6 Å². The monoisotopic (exact) mass is 411 g/mol. The van der Waals surface area contributed by atoms with Crippen molar-refractivity contribution in [3.05, 3.63) is 64.5 Å². The van der Waals surface area contributed by atoms with Crippen LogP contribution in [0, 0.1) is 12.7 Å². The average Bonchev–Trinajstić information content (AvgIpc) is 2.59. The second-order valence-electron chi connectivity index (χ2n) is 6.84. The highest BCUT2D eigenvalue weighted by Crippen LogP contribution is 2.33. The highest BCUT2D eigenvalue weighted by Gasteiger charge is 2.34. The van der Waals surface area contributed by atoms with Gasteiger partial charge in [-0.3, -0.25) is 4.79 Å². The standard InChI is InChI=1S/C20H21F4N3O2/c1-11-7-14(18(28)27(3)4)9-15(8-11)26-19(29)25-12(2)13-5-6-17(21)16(10-13)20(22,23)24/h5-10,12H,1-4H3,(H2,25,26,29). The highest BCUT2D eigenvalue weighted by atomic mass is 19.4. The van der Waals surface area contributed by atoms with E-state index in [4.69, 9.17) is 0 Å². The van der Waals surface area contributed by atoms with Crippen LogP contribution in [0.2, 0.25) is 0 Å². The smallest absolute Gasteiger partial charge is 0.345 e. The van der Waals surface area contributed by atoms with Crippen molar-refractivity contribution in [3.8, 4) is 0 Å². The normalized spacial score (nSPS) is 12.3. The number of halogens is 4. The van der Waals surface area contributed by atoms with Gasteiger partial charge in [-0.1, -0.05) is 6.07 Å². The van der Waals surface area contributed by atoms with Crippen LogP contribution >= 0.6 is 0 Å². The molecule has 3 amide bonds. The summed E-state index contributed by atoms with van der Waals surface area (Å²) < 4.78 is 52.0. The Morgan fingerprint density at radius 3 is 2.31 bits per heavy atom. The van der Waals surface area contributed by atoms with Gasteiger partial charge in [0.05, 0.1) is 11.6 Å². The van der Waals surface area contributed by atoms with Gasteiger partial charge in [-0.05, 0) is 55.3 Å². The minimum Gasteiger partial charge on any atom is -0.345 e. The van der Waals surface area contributed by atoms with E-state index < -0.39 is 29.6 Å². The summed E-state index contributed by atoms with van der Waals surface area (Å²) in [5.74, 6) is -1.62. The van der Waals surface area contributed by atoms with Gasteiger partial charge in [0, 0.05) is 25.3 Å². The summed E-state index contributed by atoms with van der Waals surface area (Å²) in [5, 5.41) is 5.06. The van der Waals surface area contributed by atoms with E-state index in [1.54, 1.807) is 33.2 Å². The lowest BCUT2D eigenvalue weighted by Crippen LogP contribution is -2.31. The van der Waals surface area contributed by atoms with Crippen molar-refractivity contribution >= 4 is 17.6 Å². The number of alkyl halides is 3. The predicted molar refractivity (Wildman–Crippen MR) is 101 cm³/mol. The molecule has 5 nitrogen and oxygen atoms in total. The van der Waals surface area contributed by atoms with Crippen LogP contribution < -0.4 is 10.6 Å². The lowest BCUT2D eigenvalue weighted by molar-refractivity contribution is -0.140. The fraction of sp³-hybridized carbons (Fsp3) is 0.300. The molecule has 0 radical (unpaired) electrons. The molecule has 2 N–H and O–H groups in total. The van der Waals surface area contributed by atoms with Gasteiger partial charge in [-0.25, -0.2) is 9.18 Å². The Morgan fingerprint density at radius 2 is 1.72 bits per heavy atom. The third kappa shape index (κ3) is 5.69. The van der Waals surface area contributed by atoms with Crippen molar-refractivity contribution in [1.29, 1.82) is 0 Å². The van der Waals surface area contributed by atoms with Gasteiger partial charge in [0.2, 0.25) is 0 Å². The molecular weight excluding hydrogens is 390 g/mol. The number of urea groups is 1. The Kier molecular flexibility index (Phi) is 6.51. The number of hydrogen-bond acceptors (Lipinski definition) is 2. The van der Waals surface area contributed by atoms with Gasteiger partial charge in [0.25, 0.3) is 5.91 Å². The van der Waals surface area contributed by atoms with Crippen LogP contribution in [0.1, 0.15) is 40.0 Å². The summed E-state index contributed by atoms with van der Waals surface area (Å²) in [4.78, 5) is 25.8. The number of anilines is 1. The van der Waals surface area contributed by atoms with Crippen molar-refractivity contribution in [2.45, 2.75) is 26.1 Å². The first-order valence-corrected chi connectivity index (χ1v) is 8.66. The molecule has 0 aliphatic rings. The van der Waals surface area contributed by atoms with Crippen molar-refractivity contribution in [2.75, 3.05) is 19.4 Å². The number of carbonyl (C=O) groups excluding carboxylic acids is 2. The number of nitrogens with zero attached hydrogens (tertiary/aromatic N) is 1. The molecule has 0 aromatic heterocycles. The van der Waals surface area contributed by atoms with E-state index in [-0.39, 0.29) is 11.5 Å². The van der Waals surface area contributed by atoms with Gasteiger partial charge in [0.1, 0.15) is 5.82 Å². The van der Waals surface area contributed by atoms with Crippen molar-refractivity contribution in [1.82, 2.24) is 10.2 Å². The molecule has 0 bridgehead atoms. The van der Waals surface area contributed by atoms with Gasteiger partial charge in [-0.2, -0.15) is 13.2 Å². The number of carbonyl (C=O) groups is 2. The maximum atomic E-state index is 13.4. The number of aryl methyl sites for hydroxylation is 1. The Morgan fingerprint density at radius 1 is 1.07 bits per heavy atom. The van der Waals surface area contributed by atoms with Crippen LogP contribution in [0.25, 0.3) is 0 Å². The highest BCUT2D eigenvalue weighted by molar-refractivity contribution is 5.97. The van der Waals surface area contributed by atoms with Crippen LogP contribution in [-0.2, 0) is 6.18 Å². The second kappa shape index (κ2) is 8.50. The number of benzene rings is 2. The molecule has 2 aromatic rings. The van der Waals surface area contributed by atoms with Crippen LogP contribution in [-0.4, -0.2) is 30.9 Å². The Bertz CT molecular complexity index is 926. The Labute approximate surface area is 165 Å². The first kappa shape index (κ1) is 22.2. The number of hydrogen-bond donors (Lipinski definition) is 2. The molecule has 1 atom stereocenters. The summed E-state index contributed by atoms with van der Waals surface area (Å²) >= 11 is 0. The van der Waals surface area contributed by atoms with Crippen LogP contribution in [0.4, 0.5) is 28.0 Å². The number of rotatable bonds is 4. The fourth-order valence-electron chi connectivity index (χ4n) is 2.71. The molecule has 0 saturated carbocycles. The first-order valence-electron chi connectivity index (χ1n) is 8.66. The molecule has 29 heavy (non-hydrogen) atoms. The maximum Gasteiger partial charge on any atom is 0.419 e. The summed E-state index contributed by atoms with van der Waals surface area (Å²) in [6, 6.07) is 5.89. The number of nitrogens with one attached hydrogen (secondary N) is 2. The molecule has 0 heterocycles. The molecule has 156 valence electrons. The van der Waals surface area contributed by atoms with E-state index in [1.165, 1.54) is 24.0 Å². The predicted octanol–water partition coefficient (Wildman–Crippen LogP) is 4.74. The zero-order chi connectivity index (χ0) is 21.9. The van der Waals surface area contributed by atoms with Crippen molar-refractivity contribution in [3.63, 3.8) is 0 Å². The lowest BCUT2D eigenvalue weighted by atomic mass is 10.0. The first-order chi connectivity index (χ1) is 13.4. The molecule has 9 heteroatoms. The lowest BCUT2D eigenvalue weighted by Gasteiger charge is -2.18. The average molecular weight is 411 g/mol. The van der Waals surface area contributed by atoms with Crippen molar-refractivity contribution in [2.24, 2.45) is 0 Å². The largest absolute Gasteiger partial charge is 0.419 e. The molecule has 1 unspecified atom stereocenters. The Hall–Kier alpha value is -3.10. The Balaban J connectivity index is 2.15. The fourth-order valence-corrected chi connectivity index (χ4v) is 2.71. The molecule has 0 spiro atoms. The van der Waals surface area contributed by atoms with E-state index in [0.717, 1.165) is 5.56 Å². The van der Waals surface area contributed by atoms with Gasteiger partial charge >= 0.3 is 12.2 Å². The zero-order valence-corrected chi connectivity index (χ0v) is 16.3. The molecule has 0 fully saturated rings. The topological polar surface area (TPSA) is 61.4 Å². The summed E-state index contributed by atoms with van der Waals surface area (Å²) in [5.41, 5.74) is 0.187. The minimum absolute atomic E-state index is 0.0987. The van der Waals surface area contributed by atoms with Crippen molar-refractivity contribution < 1.29 is 27.2 Å². The third-order valence-electron chi connectivity index (χ3n) is 4.13. The van der Waals surface area contributed by atoms with Gasteiger partial charge in [0.15, 0.2) is 0 Å². The molecule has 0 aliphatic carbocycles. The molecular formula is C20H21F4N3O2. The zero-order valence-electron chi connectivity index (χ0n) is 16.3. The third-order valence-corrected chi connectivity index (χ3v) is 4.13. The summed E-state index contributed by atoms with van der Waals surface area (Å²) in [6.07, 6.45) is -4.83. The van der Waals surface area contributed by atoms with Crippen LogP contribution in [0.15, 0.2) is 36.4 Å². The number of amides is 3. The molecule has 0 aliphatic heterocycles. The van der Waals surface area contributed by atoms with E-state index >= 15 is 0 Å². The van der Waals surface area contributed by atoms with E-state index in [9.17, 15) is 27.2 Å².